The lowest BCUT2D eigenvalue weighted by molar-refractivity contribution is -0.161. The van der Waals surface area contributed by atoms with E-state index in [4.69, 9.17) is 24.3 Å². The second-order valence-corrected chi connectivity index (χ2v) is 14.9. The Kier molecular flexibility index (Phi) is 36.7. The van der Waals surface area contributed by atoms with Gasteiger partial charge in [0.25, 0.3) is 0 Å². The zero-order valence-electron chi connectivity index (χ0n) is 32.6. The Labute approximate surface area is 312 Å². The average molecular weight is 742 g/mol. The molecule has 0 saturated heterocycles. The minimum atomic E-state index is -4.38. The van der Waals surface area contributed by atoms with E-state index >= 15 is 0 Å². The predicted octanol–water partition coefficient (Wildman–Crippen LogP) is 11.4. The van der Waals surface area contributed by atoms with Crippen LogP contribution in [0.3, 0.4) is 0 Å². The van der Waals surface area contributed by atoms with Gasteiger partial charge in [0.2, 0.25) is 0 Å². The summed E-state index contributed by atoms with van der Waals surface area (Å²) in [5, 5.41) is 0. The molecule has 3 N–H and O–H groups in total. The van der Waals surface area contributed by atoms with Crippen molar-refractivity contribution in [1.29, 1.82) is 0 Å². The Morgan fingerprint density at radius 2 is 1.06 bits per heavy atom. The Morgan fingerprint density at radius 3 is 1.63 bits per heavy atom. The minimum absolute atomic E-state index is 0.0469. The highest BCUT2D eigenvalue weighted by molar-refractivity contribution is 7.47. The number of unbranched alkanes of at least 4 members (excludes halogenated alkanes) is 19. The van der Waals surface area contributed by atoms with Gasteiger partial charge in [0.15, 0.2) is 6.10 Å². The maximum absolute atomic E-state index is 12.5. The molecule has 2 atom stereocenters. The minimum Gasteiger partial charge on any atom is -0.462 e. The van der Waals surface area contributed by atoms with Crippen LogP contribution in [-0.2, 0) is 32.7 Å². The van der Waals surface area contributed by atoms with Gasteiger partial charge in [0.1, 0.15) is 6.61 Å². The summed E-state index contributed by atoms with van der Waals surface area (Å²) in [4.78, 5) is 34.7. The molecule has 0 radical (unpaired) electrons. The lowest BCUT2D eigenvalue weighted by atomic mass is 10.1. The van der Waals surface area contributed by atoms with Gasteiger partial charge in [-0.3, -0.25) is 18.6 Å². The number of hydrogen-bond acceptors (Lipinski definition) is 8. The summed E-state index contributed by atoms with van der Waals surface area (Å²) in [6.07, 6.45) is 40.4. The summed E-state index contributed by atoms with van der Waals surface area (Å²) in [6.45, 7) is 3.64. The number of ether oxygens (including phenoxy) is 2. The molecule has 9 nitrogen and oxygen atoms in total. The molecule has 298 valence electrons. The molecule has 10 heteroatoms. The summed E-state index contributed by atoms with van der Waals surface area (Å²) < 4.78 is 32.6. The molecular weight excluding hydrogens is 665 g/mol. The predicted molar refractivity (Wildman–Crippen MR) is 210 cm³/mol. The van der Waals surface area contributed by atoms with Gasteiger partial charge in [0.05, 0.1) is 13.2 Å². The molecule has 0 aliphatic rings. The van der Waals surface area contributed by atoms with E-state index in [1.54, 1.807) is 0 Å². The third-order valence-corrected chi connectivity index (χ3v) is 9.50. The van der Waals surface area contributed by atoms with Crippen LogP contribution in [0, 0.1) is 0 Å². The molecule has 0 aliphatic carbocycles. The normalized spacial score (nSPS) is 13.7. The number of allylic oxidation sites excluding steroid dienone is 6. The number of phosphoric acid groups is 1. The molecule has 0 fully saturated rings. The van der Waals surface area contributed by atoms with Crippen LogP contribution in [0.1, 0.15) is 181 Å². The zero-order chi connectivity index (χ0) is 37.5. The molecule has 0 bridgehead atoms. The number of esters is 2. The van der Waals surface area contributed by atoms with Gasteiger partial charge in [-0.1, -0.05) is 147 Å². The van der Waals surface area contributed by atoms with Crippen molar-refractivity contribution in [2.24, 2.45) is 5.73 Å². The zero-order valence-corrected chi connectivity index (χ0v) is 33.5. The van der Waals surface area contributed by atoms with E-state index in [0.717, 1.165) is 51.4 Å². The van der Waals surface area contributed by atoms with Crippen LogP contribution in [-0.4, -0.2) is 49.3 Å². The Balaban J connectivity index is 4.25. The van der Waals surface area contributed by atoms with Crippen molar-refractivity contribution in [3.63, 3.8) is 0 Å². The Bertz CT molecular complexity index is 939. The summed E-state index contributed by atoms with van der Waals surface area (Å²) in [5.74, 6) is -0.901. The van der Waals surface area contributed by atoms with Gasteiger partial charge in [-0.15, -0.1) is 0 Å². The van der Waals surface area contributed by atoms with Gasteiger partial charge in [-0.05, 0) is 57.8 Å². The highest BCUT2D eigenvalue weighted by Crippen LogP contribution is 2.43. The summed E-state index contributed by atoms with van der Waals surface area (Å²) >= 11 is 0. The topological polar surface area (TPSA) is 134 Å². The quantitative estimate of drug-likeness (QED) is 0.0274. The third-order valence-electron chi connectivity index (χ3n) is 8.51. The number of rotatable bonds is 38. The van der Waals surface area contributed by atoms with E-state index in [0.29, 0.717) is 12.8 Å². The molecule has 51 heavy (non-hydrogen) atoms. The molecular formula is C41H76NO8P. The lowest BCUT2D eigenvalue weighted by Gasteiger charge is -2.19. The van der Waals surface area contributed by atoms with Gasteiger partial charge < -0.3 is 20.1 Å². The molecule has 0 heterocycles. The average Bonchev–Trinajstić information content (AvgIpc) is 3.11. The van der Waals surface area contributed by atoms with E-state index in [-0.39, 0.29) is 32.6 Å². The molecule has 0 spiro atoms. The summed E-state index contributed by atoms with van der Waals surface area (Å²) in [5.41, 5.74) is 5.33. The van der Waals surface area contributed by atoms with Crippen LogP contribution in [0.2, 0.25) is 0 Å². The van der Waals surface area contributed by atoms with Crippen LogP contribution >= 0.6 is 7.82 Å². The largest absolute Gasteiger partial charge is 0.472 e. The fourth-order valence-electron chi connectivity index (χ4n) is 5.45. The van der Waals surface area contributed by atoms with Crippen LogP contribution in [0.25, 0.3) is 0 Å². The van der Waals surface area contributed by atoms with E-state index in [2.05, 4.69) is 44.2 Å². The third kappa shape index (κ3) is 37.8. The van der Waals surface area contributed by atoms with E-state index < -0.39 is 32.5 Å². The highest BCUT2D eigenvalue weighted by atomic mass is 31.2. The standard InChI is InChI=1S/C41H76NO8P/c1-3-5-7-9-11-13-15-17-19-21-23-25-27-29-31-33-40(43)47-37-39(38-49-51(45,46)48-36-35-42)50-41(44)34-32-30-28-26-24-22-20-18-16-14-12-10-8-6-4-2/h12,14,18,20,27,29,39H,3-11,13,15-17,19,21-26,28,30-38,42H2,1-2H3,(H,45,46)/b14-12+,20-18+,29-27+/t39-/m1/s1. The van der Waals surface area contributed by atoms with Gasteiger partial charge in [0, 0.05) is 19.4 Å². The number of nitrogens with two attached hydrogens (primary N) is 1. The maximum atomic E-state index is 12.5. The first-order valence-corrected chi connectivity index (χ1v) is 22.0. The van der Waals surface area contributed by atoms with Crippen LogP contribution in [0.4, 0.5) is 0 Å². The highest BCUT2D eigenvalue weighted by Gasteiger charge is 2.25. The molecule has 0 aromatic heterocycles. The van der Waals surface area contributed by atoms with Crippen LogP contribution < -0.4 is 5.73 Å². The summed E-state index contributed by atoms with van der Waals surface area (Å²) in [6, 6.07) is 0. The van der Waals surface area contributed by atoms with Crippen molar-refractivity contribution in [3.8, 4) is 0 Å². The fourth-order valence-corrected chi connectivity index (χ4v) is 6.21. The fraction of sp³-hybridized carbons (Fsp3) is 0.805. The second kappa shape index (κ2) is 38.0. The van der Waals surface area contributed by atoms with Gasteiger partial charge in [-0.2, -0.15) is 0 Å². The first-order chi connectivity index (χ1) is 24.8. The Hall–Kier alpha value is -1.77. The summed E-state index contributed by atoms with van der Waals surface area (Å²) in [7, 11) is -4.38. The molecule has 0 amide bonds. The van der Waals surface area contributed by atoms with E-state index in [9.17, 15) is 19.0 Å². The first kappa shape index (κ1) is 49.2. The van der Waals surface area contributed by atoms with E-state index in [1.807, 2.05) is 6.08 Å². The molecule has 0 aliphatic heterocycles. The smallest absolute Gasteiger partial charge is 0.462 e. The lowest BCUT2D eigenvalue weighted by Crippen LogP contribution is -2.29. The second-order valence-electron chi connectivity index (χ2n) is 13.5. The molecule has 0 aromatic rings. The molecule has 0 rings (SSSR count). The number of carbonyl (C=O) groups excluding carboxylic acids is 2. The number of carbonyl (C=O) groups is 2. The molecule has 0 aromatic carbocycles. The molecule has 1 unspecified atom stereocenters. The Morgan fingerprint density at radius 1 is 0.588 bits per heavy atom. The van der Waals surface area contributed by atoms with Gasteiger partial charge in [-0.25, -0.2) is 4.57 Å². The molecule has 0 saturated carbocycles. The van der Waals surface area contributed by atoms with Crippen LogP contribution in [0.5, 0.6) is 0 Å². The van der Waals surface area contributed by atoms with Crippen molar-refractivity contribution in [2.75, 3.05) is 26.4 Å². The SMILES string of the molecule is CCCCC/C=C/C/C=C/CCCCCCCC(=O)O[C@H](COC(=O)CC/C=C/CCCCCCCCCCCCC)COP(=O)(O)OCCN. The monoisotopic (exact) mass is 742 g/mol. The van der Waals surface area contributed by atoms with Crippen molar-refractivity contribution < 1.29 is 37.6 Å². The van der Waals surface area contributed by atoms with Crippen LogP contribution in [0.15, 0.2) is 36.5 Å². The van der Waals surface area contributed by atoms with Crippen molar-refractivity contribution >= 4 is 19.8 Å². The number of phosphoric ester groups is 1. The van der Waals surface area contributed by atoms with Crippen molar-refractivity contribution in [1.82, 2.24) is 0 Å². The first-order valence-electron chi connectivity index (χ1n) is 20.5. The number of hydrogen-bond donors (Lipinski definition) is 2. The van der Waals surface area contributed by atoms with E-state index in [1.165, 1.54) is 89.9 Å². The maximum Gasteiger partial charge on any atom is 0.472 e. The van der Waals surface area contributed by atoms with Crippen molar-refractivity contribution in [3.05, 3.63) is 36.5 Å². The van der Waals surface area contributed by atoms with Gasteiger partial charge >= 0.3 is 19.8 Å². The van der Waals surface area contributed by atoms with Crippen molar-refractivity contribution in [2.45, 2.75) is 187 Å².